The third kappa shape index (κ3) is 3.25. The molecule has 0 aliphatic carbocycles. The van der Waals surface area contributed by atoms with Gasteiger partial charge >= 0.3 is 0 Å². The maximum Gasteiger partial charge on any atom is 0.129 e. The maximum atomic E-state index is 13.0. The number of rotatable bonds is 4. The zero-order chi connectivity index (χ0) is 16.4. The summed E-state index contributed by atoms with van der Waals surface area (Å²) in [6, 6.07) is 9.56. The van der Waals surface area contributed by atoms with Crippen LogP contribution in [0.4, 0.5) is 4.39 Å². The predicted molar refractivity (Wildman–Crippen MR) is 85.6 cm³/mol. The van der Waals surface area contributed by atoms with Gasteiger partial charge in [0.15, 0.2) is 0 Å². The van der Waals surface area contributed by atoms with E-state index in [4.69, 9.17) is 11.6 Å². The topological polar surface area (TPSA) is 50.9 Å². The molecule has 1 aromatic carbocycles. The smallest absolute Gasteiger partial charge is 0.129 e. The van der Waals surface area contributed by atoms with Crippen molar-refractivity contribution < 1.29 is 9.50 Å². The highest BCUT2D eigenvalue weighted by molar-refractivity contribution is 6.29. The van der Waals surface area contributed by atoms with Crippen LogP contribution in [0.3, 0.4) is 0 Å². The van der Waals surface area contributed by atoms with E-state index in [1.807, 2.05) is 4.57 Å². The summed E-state index contributed by atoms with van der Waals surface area (Å²) >= 11 is 5.92. The zero-order valence-electron chi connectivity index (χ0n) is 12.4. The van der Waals surface area contributed by atoms with Gasteiger partial charge in [-0.3, -0.25) is 0 Å². The summed E-state index contributed by atoms with van der Waals surface area (Å²) in [5.41, 5.74) is 0.875. The second kappa shape index (κ2) is 6.10. The van der Waals surface area contributed by atoms with Gasteiger partial charge in [0.25, 0.3) is 0 Å². The number of pyridine rings is 1. The lowest BCUT2D eigenvalue weighted by Crippen LogP contribution is -2.26. The number of aromatic nitrogens is 3. The van der Waals surface area contributed by atoms with E-state index < -0.39 is 5.60 Å². The van der Waals surface area contributed by atoms with E-state index in [0.717, 1.165) is 5.56 Å². The molecule has 23 heavy (non-hydrogen) atoms. The fraction of sp³-hybridized carbons (Fsp3) is 0.176. The summed E-state index contributed by atoms with van der Waals surface area (Å²) in [4.78, 5) is 8.06. The van der Waals surface area contributed by atoms with Crippen LogP contribution >= 0.6 is 11.6 Å². The molecule has 1 N–H and O–H groups in total. The molecule has 0 spiro atoms. The number of hydrogen-bond donors (Lipinski definition) is 1. The fourth-order valence-corrected chi connectivity index (χ4v) is 2.67. The van der Waals surface area contributed by atoms with Crippen LogP contribution in [0.2, 0.25) is 5.15 Å². The Kier molecular flexibility index (Phi) is 4.15. The monoisotopic (exact) mass is 331 g/mol. The number of aliphatic hydroxyl groups is 1. The average molecular weight is 332 g/mol. The molecule has 1 unspecified atom stereocenters. The largest absolute Gasteiger partial charge is 0.379 e. The quantitative estimate of drug-likeness (QED) is 0.746. The highest BCUT2D eigenvalue weighted by atomic mass is 35.5. The average Bonchev–Trinajstić information content (AvgIpc) is 2.98. The van der Waals surface area contributed by atoms with Gasteiger partial charge in [0.1, 0.15) is 16.6 Å². The van der Waals surface area contributed by atoms with Gasteiger partial charge in [-0.25, -0.2) is 14.4 Å². The maximum absolute atomic E-state index is 13.0. The molecule has 0 radical (unpaired) electrons. The van der Waals surface area contributed by atoms with Crippen molar-refractivity contribution in [2.75, 3.05) is 0 Å². The standard InChI is InChI=1S/C17H15ClFN3O/c1-17(23,13-6-7-21-16(18)8-13)15-9-20-11-22(15)10-12-2-4-14(19)5-3-12/h2-9,11,23H,10H2,1H3. The number of imidazole rings is 1. The van der Waals surface area contributed by atoms with Gasteiger partial charge in [0, 0.05) is 12.7 Å². The van der Waals surface area contributed by atoms with Gasteiger partial charge in [-0.1, -0.05) is 23.7 Å². The van der Waals surface area contributed by atoms with E-state index in [0.29, 0.717) is 23.0 Å². The molecule has 0 saturated heterocycles. The lowest BCUT2D eigenvalue weighted by atomic mass is 9.93. The Morgan fingerprint density at radius 1 is 1.26 bits per heavy atom. The van der Waals surface area contributed by atoms with Crippen molar-refractivity contribution in [3.63, 3.8) is 0 Å². The lowest BCUT2D eigenvalue weighted by molar-refractivity contribution is 0.0934. The fourth-order valence-electron chi connectivity index (χ4n) is 2.49. The summed E-state index contributed by atoms with van der Waals surface area (Å²) in [6.07, 6.45) is 4.79. The summed E-state index contributed by atoms with van der Waals surface area (Å²) < 4.78 is 14.8. The van der Waals surface area contributed by atoms with Crippen molar-refractivity contribution in [1.82, 2.24) is 14.5 Å². The first-order valence-corrected chi connectivity index (χ1v) is 7.44. The van der Waals surface area contributed by atoms with Gasteiger partial charge in [-0.05, 0) is 42.3 Å². The Bertz CT molecular complexity index is 815. The van der Waals surface area contributed by atoms with Gasteiger partial charge < -0.3 is 9.67 Å². The first-order valence-electron chi connectivity index (χ1n) is 7.06. The lowest BCUT2D eigenvalue weighted by Gasteiger charge is -2.25. The van der Waals surface area contributed by atoms with Crippen LogP contribution in [0, 0.1) is 5.82 Å². The normalized spacial score (nSPS) is 13.7. The zero-order valence-corrected chi connectivity index (χ0v) is 13.2. The summed E-state index contributed by atoms with van der Waals surface area (Å²) in [5, 5.41) is 11.3. The Balaban J connectivity index is 1.95. The van der Waals surface area contributed by atoms with E-state index in [1.165, 1.54) is 12.1 Å². The molecule has 0 fully saturated rings. The number of halogens is 2. The molecule has 0 amide bonds. The van der Waals surface area contributed by atoms with Crippen molar-refractivity contribution in [1.29, 1.82) is 0 Å². The molecule has 0 aliphatic rings. The van der Waals surface area contributed by atoms with Crippen LogP contribution in [0.1, 0.15) is 23.7 Å². The molecule has 0 saturated carbocycles. The first kappa shape index (κ1) is 15.6. The second-order valence-corrected chi connectivity index (χ2v) is 5.86. The van der Waals surface area contributed by atoms with Gasteiger partial charge in [0.05, 0.1) is 18.2 Å². The van der Waals surface area contributed by atoms with Crippen LogP contribution in [-0.4, -0.2) is 19.6 Å². The minimum Gasteiger partial charge on any atom is -0.379 e. The van der Waals surface area contributed by atoms with Crippen molar-refractivity contribution in [2.24, 2.45) is 0 Å². The molecule has 0 bridgehead atoms. The van der Waals surface area contributed by atoms with Gasteiger partial charge in [0.2, 0.25) is 0 Å². The third-order valence-electron chi connectivity index (χ3n) is 3.77. The first-order chi connectivity index (χ1) is 11.0. The molecular weight excluding hydrogens is 317 g/mol. The summed E-state index contributed by atoms with van der Waals surface area (Å²) in [6.45, 7) is 2.15. The van der Waals surface area contributed by atoms with Crippen LogP contribution < -0.4 is 0 Å². The molecule has 118 valence electrons. The number of nitrogens with zero attached hydrogens (tertiary/aromatic N) is 3. The van der Waals surface area contributed by atoms with Crippen molar-refractivity contribution in [3.05, 3.63) is 82.9 Å². The van der Waals surface area contributed by atoms with Crippen LogP contribution in [0.25, 0.3) is 0 Å². The third-order valence-corrected chi connectivity index (χ3v) is 3.97. The number of hydrogen-bond acceptors (Lipinski definition) is 3. The Morgan fingerprint density at radius 2 is 2.00 bits per heavy atom. The second-order valence-electron chi connectivity index (χ2n) is 5.47. The highest BCUT2D eigenvalue weighted by Crippen LogP contribution is 2.30. The van der Waals surface area contributed by atoms with E-state index in [-0.39, 0.29) is 5.82 Å². The van der Waals surface area contributed by atoms with E-state index in [1.54, 1.807) is 49.9 Å². The van der Waals surface area contributed by atoms with Crippen molar-refractivity contribution in [3.8, 4) is 0 Å². The van der Waals surface area contributed by atoms with E-state index in [2.05, 4.69) is 9.97 Å². The van der Waals surface area contributed by atoms with Crippen molar-refractivity contribution >= 4 is 11.6 Å². The minimum absolute atomic E-state index is 0.280. The minimum atomic E-state index is -1.27. The Labute approximate surface area is 138 Å². The molecular formula is C17H15ClFN3O. The summed E-state index contributed by atoms with van der Waals surface area (Å²) in [7, 11) is 0. The molecule has 1 atom stereocenters. The van der Waals surface area contributed by atoms with E-state index >= 15 is 0 Å². The molecule has 3 rings (SSSR count). The van der Waals surface area contributed by atoms with Crippen LogP contribution in [0.15, 0.2) is 55.1 Å². The predicted octanol–water partition coefficient (Wildman–Crippen LogP) is 3.37. The summed E-state index contributed by atoms with van der Waals surface area (Å²) in [5.74, 6) is -0.280. The molecule has 2 heterocycles. The van der Waals surface area contributed by atoms with Crippen LogP contribution in [0.5, 0.6) is 0 Å². The van der Waals surface area contributed by atoms with Crippen molar-refractivity contribution in [2.45, 2.75) is 19.1 Å². The van der Waals surface area contributed by atoms with Gasteiger partial charge in [-0.2, -0.15) is 0 Å². The Hall–Kier alpha value is -2.24. The molecule has 2 aromatic heterocycles. The van der Waals surface area contributed by atoms with Crippen LogP contribution in [-0.2, 0) is 12.1 Å². The van der Waals surface area contributed by atoms with E-state index in [9.17, 15) is 9.50 Å². The molecule has 4 nitrogen and oxygen atoms in total. The van der Waals surface area contributed by atoms with Gasteiger partial charge in [-0.15, -0.1) is 0 Å². The Morgan fingerprint density at radius 3 is 2.70 bits per heavy atom. The molecule has 0 aliphatic heterocycles. The molecule has 3 aromatic rings. The molecule has 6 heteroatoms. The highest BCUT2D eigenvalue weighted by Gasteiger charge is 2.29. The number of benzene rings is 1. The SMILES string of the molecule is CC(O)(c1ccnc(Cl)c1)c1cncn1Cc1ccc(F)cc1.